The van der Waals surface area contributed by atoms with E-state index < -0.39 is 0 Å². The van der Waals surface area contributed by atoms with Crippen LogP contribution in [-0.4, -0.2) is 66.5 Å². The van der Waals surface area contributed by atoms with E-state index in [1.165, 1.54) is 0 Å². The molecule has 1 aliphatic heterocycles. The van der Waals surface area contributed by atoms with Gasteiger partial charge in [0.15, 0.2) is 0 Å². The Labute approximate surface area is 194 Å². The molecule has 1 aromatic heterocycles. The lowest BCUT2D eigenvalue weighted by Gasteiger charge is -2.34. The number of hydrogen-bond acceptors (Lipinski definition) is 7. The van der Waals surface area contributed by atoms with Crippen molar-refractivity contribution in [3.8, 4) is 5.88 Å². The second-order valence-electron chi connectivity index (χ2n) is 8.67. The van der Waals surface area contributed by atoms with E-state index >= 15 is 0 Å². The van der Waals surface area contributed by atoms with Gasteiger partial charge in [0, 0.05) is 45.3 Å². The van der Waals surface area contributed by atoms with Gasteiger partial charge in [-0.1, -0.05) is 36.4 Å². The lowest BCUT2D eigenvalue weighted by Crippen LogP contribution is -2.49. The number of anilines is 1. The number of carbonyl (C=O) groups excluding carboxylic acids is 1. The van der Waals surface area contributed by atoms with Crippen LogP contribution in [0.3, 0.4) is 0 Å². The summed E-state index contributed by atoms with van der Waals surface area (Å²) >= 11 is 0. The zero-order chi connectivity index (χ0) is 22.6. The molecular weight excluding hydrogens is 420 g/mol. The fourth-order valence-corrected chi connectivity index (χ4v) is 4.56. The van der Waals surface area contributed by atoms with Crippen LogP contribution in [0.1, 0.15) is 29.7 Å². The second kappa shape index (κ2) is 9.79. The van der Waals surface area contributed by atoms with Crippen molar-refractivity contribution < 1.29 is 19.0 Å². The molecule has 0 spiro atoms. The lowest BCUT2D eigenvalue weighted by atomic mass is 10.2. The summed E-state index contributed by atoms with van der Waals surface area (Å²) in [6.45, 7) is 2.76. The van der Waals surface area contributed by atoms with Crippen LogP contribution in [0.5, 0.6) is 5.88 Å². The maximum absolute atomic E-state index is 12.5. The first-order valence-corrected chi connectivity index (χ1v) is 11.7. The molecule has 2 unspecified atom stereocenters. The lowest BCUT2D eigenvalue weighted by molar-refractivity contribution is 0.0939. The molecular formula is C25H30N4O4. The smallest absolute Gasteiger partial charge is 0.410 e. The molecule has 0 bridgehead atoms. The van der Waals surface area contributed by atoms with Gasteiger partial charge < -0.3 is 24.0 Å². The molecule has 2 heterocycles. The third-order valence-corrected chi connectivity index (χ3v) is 6.48. The Morgan fingerprint density at radius 3 is 2.58 bits per heavy atom. The van der Waals surface area contributed by atoms with Gasteiger partial charge in [-0.2, -0.15) is 4.98 Å². The number of fused-ring (bicyclic) bond motifs is 1. The predicted octanol–water partition coefficient (Wildman–Crippen LogP) is 3.15. The number of aryl methyl sites for hydroxylation is 1. The molecule has 174 valence electrons. The molecule has 2 aliphatic carbocycles. The Hall–Kier alpha value is -3.13. The highest BCUT2D eigenvalue weighted by molar-refractivity contribution is 5.68. The molecule has 1 fully saturated rings. The fourth-order valence-electron chi connectivity index (χ4n) is 4.56. The van der Waals surface area contributed by atoms with Crippen LogP contribution in [0.25, 0.3) is 0 Å². The first kappa shape index (κ1) is 21.7. The average Bonchev–Trinajstić information content (AvgIpc) is 3.53. The minimum absolute atomic E-state index is 0.0290. The molecule has 3 aliphatic rings. The van der Waals surface area contributed by atoms with Gasteiger partial charge in [0.2, 0.25) is 11.8 Å². The number of ether oxygens (including phenoxy) is 3. The van der Waals surface area contributed by atoms with Gasteiger partial charge in [-0.3, -0.25) is 0 Å². The topological polar surface area (TPSA) is 77.0 Å². The van der Waals surface area contributed by atoms with Crippen LogP contribution in [0.4, 0.5) is 10.7 Å². The van der Waals surface area contributed by atoms with Crippen molar-refractivity contribution in [2.24, 2.45) is 0 Å². The van der Waals surface area contributed by atoms with E-state index in [1.54, 1.807) is 12.0 Å². The molecule has 2 atom stereocenters. The molecule has 8 heteroatoms. The SMILES string of the molecule is COC1C=CC(Oc2nc(N3CCN(C(=O)OCc4ccccc4)CC3)nc3c2CCC3)C1. The normalized spacial score (nSPS) is 21.8. The Bertz CT molecular complexity index is 1000. The molecule has 33 heavy (non-hydrogen) atoms. The molecule has 5 rings (SSSR count). The zero-order valence-corrected chi connectivity index (χ0v) is 19.0. The van der Waals surface area contributed by atoms with Crippen LogP contribution < -0.4 is 9.64 Å². The number of piperazine rings is 1. The molecule has 2 aromatic rings. The molecule has 1 aromatic carbocycles. The quantitative estimate of drug-likeness (QED) is 0.626. The second-order valence-corrected chi connectivity index (χ2v) is 8.67. The van der Waals surface area contributed by atoms with Gasteiger partial charge in [0.1, 0.15) is 12.7 Å². The van der Waals surface area contributed by atoms with Gasteiger partial charge in [-0.05, 0) is 30.9 Å². The van der Waals surface area contributed by atoms with Gasteiger partial charge in [-0.15, -0.1) is 0 Å². The Balaban J connectivity index is 1.20. The van der Waals surface area contributed by atoms with Crippen LogP contribution >= 0.6 is 0 Å². The van der Waals surface area contributed by atoms with E-state index in [0.717, 1.165) is 42.5 Å². The minimum atomic E-state index is -0.280. The van der Waals surface area contributed by atoms with E-state index in [4.69, 9.17) is 24.2 Å². The summed E-state index contributed by atoms with van der Waals surface area (Å²) in [5.74, 6) is 1.39. The van der Waals surface area contributed by atoms with Crippen molar-refractivity contribution >= 4 is 12.0 Å². The van der Waals surface area contributed by atoms with Crippen molar-refractivity contribution in [3.05, 3.63) is 59.3 Å². The monoisotopic (exact) mass is 450 g/mol. The number of rotatable bonds is 6. The summed E-state index contributed by atoms with van der Waals surface area (Å²) in [6.07, 6.45) is 7.67. The standard InChI is InChI=1S/C25H30N4O4/c1-31-19-10-11-20(16-19)33-23-21-8-5-9-22(21)26-24(27-23)28-12-14-29(15-13-28)25(30)32-17-18-6-3-2-4-7-18/h2-4,6-7,10-11,19-20H,5,8-9,12-17H2,1H3. The predicted molar refractivity (Wildman–Crippen MR) is 123 cm³/mol. The van der Waals surface area contributed by atoms with E-state index in [9.17, 15) is 4.79 Å². The first-order valence-electron chi connectivity index (χ1n) is 11.7. The average molecular weight is 451 g/mol. The highest BCUT2D eigenvalue weighted by atomic mass is 16.6. The van der Waals surface area contributed by atoms with E-state index in [2.05, 4.69) is 11.0 Å². The van der Waals surface area contributed by atoms with Crippen molar-refractivity contribution in [3.63, 3.8) is 0 Å². The molecule has 1 saturated heterocycles. The minimum Gasteiger partial charge on any atom is -0.470 e. The number of benzene rings is 1. The summed E-state index contributed by atoms with van der Waals surface area (Å²) in [6, 6.07) is 9.73. The Morgan fingerprint density at radius 2 is 1.82 bits per heavy atom. The number of nitrogens with zero attached hydrogens (tertiary/aromatic N) is 4. The summed E-state index contributed by atoms with van der Waals surface area (Å²) in [7, 11) is 1.72. The van der Waals surface area contributed by atoms with Crippen LogP contribution in [0.2, 0.25) is 0 Å². The number of aromatic nitrogens is 2. The summed E-state index contributed by atoms with van der Waals surface area (Å²) in [5, 5.41) is 0. The van der Waals surface area contributed by atoms with Gasteiger partial charge in [0.05, 0.1) is 11.8 Å². The highest BCUT2D eigenvalue weighted by Gasteiger charge is 2.29. The third kappa shape index (κ3) is 4.95. The number of methoxy groups -OCH3 is 1. The molecule has 1 amide bonds. The molecule has 0 saturated carbocycles. The molecule has 8 nitrogen and oxygen atoms in total. The van der Waals surface area contributed by atoms with E-state index in [-0.39, 0.29) is 24.9 Å². The molecule has 0 radical (unpaired) electrons. The molecule has 0 N–H and O–H groups in total. The Kier molecular flexibility index (Phi) is 6.44. The van der Waals surface area contributed by atoms with Gasteiger partial charge in [0.25, 0.3) is 0 Å². The Morgan fingerprint density at radius 1 is 1.03 bits per heavy atom. The van der Waals surface area contributed by atoms with Crippen LogP contribution in [0, 0.1) is 0 Å². The first-order chi connectivity index (χ1) is 16.2. The summed E-state index contributed by atoms with van der Waals surface area (Å²) in [4.78, 5) is 26.0. The van der Waals surface area contributed by atoms with Crippen molar-refractivity contribution in [1.29, 1.82) is 0 Å². The fraction of sp³-hybridized carbons (Fsp3) is 0.480. The summed E-state index contributed by atoms with van der Waals surface area (Å²) in [5.41, 5.74) is 3.21. The largest absolute Gasteiger partial charge is 0.470 e. The maximum Gasteiger partial charge on any atom is 0.410 e. The zero-order valence-electron chi connectivity index (χ0n) is 19.0. The van der Waals surface area contributed by atoms with Crippen molar-refractivity contribution in [1.82, 2.24) is 14.9 Å². The van der Waals surface area contributed by atoms with Gasteiger partial charge >= 0.3 is 6.09 Å². The van der Waals surface area contributed by atoms with Crippen LogP contribution in [-0.2, 0) is 28.9 Å². The maximum atomic E-state index is 12.5. The summed E-state index contributed by atoms with van der Waals surface area (Å²) < 4.78 is 17.2. The van der Waals surface area contributed by atoms with E-state index in [0.29, 0.717) is 38.0 Å². The van der Waals surface area contributed by atoms with Crippen molar-refractivity contribution in [2.75, 3.05) is 38.2 Å². The number of carbonyl (C=O) groups is 1. The number of amides is 1. The third-order valence-electron chi connectivity index (χ3n) is 6.48. The van der Waals surface area contributed by atoms with E-state index in [1.807, 2.05) is 36.4 Å². The van der Waals surface area contributed by atoms with Crippen molar-refractivity contribution in [2.45, 2.75) is 44.5 Å². The highest BCUT2D eigenvalue weighted by Crippen LogP contribution is 2.32. The van der Waals surface area contributed by atoms with Crippen LogP contribution in [0.15, 0.2) is 42.5 Å². The number of hydrogen-bond donors (Lipinski definition) is 0. The van der Waals surface area contributed by atoms with Gasteiger partial charge in [-0.25, -0.2) is 9.78 Å².